The summed E-state index contributed by atoms with van der Waals surface area (Å²) in [4.78, 5) is 4.46. The molecule has 116 valence electrons. The van der Waals surface area contributed by atoms with E-state index in [1.165, 1.54) is 0 Å². The molecule has 0 aromatic carbocycles. The SMILES string of the molecule is Cc1nn(C)c2ncc(CNCC(C)(O)CC(C)C)cc12. The Bertz CT molecular complexity index is 616. The van der Waals surface area contributed by atoms with Crippen LogP contribution in [0.15, 0.2) is 12.3 Å². The molecule has 0 aliphatic carbocycles. The molecular formula is C16H26N4O. The number of pyridine rings is 1. The maximum atomic E-state index is 10.3. The highest BCUT2D eigenvalue weighted by molar-refractivity contribution is 5.78. The van der Waals surface area contributed by atoms with Gasteiger partial charge in [-0.1, -0.05) is 13.8 Å². The van der Waals surface area contributed by atoms with Crippen LogP contribution in [0.5, 0.6) is 0 Å². The quantitative estimate of drug-likeness (QED) is 0.856. The second-order valence-corrected chi connectivity index (χ2v) is 6.62. The van der Waals surface area contributed by atoms with Gasteiger partial charge < -0.3 is 10.4 Å². The third-order valence-electron chi connectivity index (χ3n) is 3.60. The maximum absolute atomic E-state index is 10.3. The molecule has 2 heterocycles. The predicted octanol–water partition coefficient (Wildman–Crippen LogP) is 2.16. The van der Waals surface area contributed by atoms with E-state index >= 15 is 0 Å². The molecule has 2 rings (SSSR count). The van der Waals surface area contributed by atoms with Crippen LogP contribution in [0.1, 0.15) is 38.4 Å². The minimum absolute atomic E-state index is 0.484. The molecule has 0 aliphatic rings. The van der Waals surface area contributed by atoms with Crippen molar-refractivity contribution in [3.63, 3.8) is 0 Å². The van der Waals surface area contributed by atoms with Crippen molar-refractivity contribution in [3.05, 3.63) is 23.5 Å². The fraction of sp³-hybridized carbons (Fsp3) is 0.625. The molecule has 5 heteroatoms. The number of hydrogen-bond acceptors (Lipinski definition) is 4. The number of aryl methyl sites for hydroxylation is 2. The number of rotatable bonds is 6. The number of hydrogen-bond donors (Lipinski definition) is 2. The fourth-order valence-electron chi connectivity index (χ4n) is 2.88. The van der Waals surface area contributed by atoms with E-state index in [2.05, 4.69) is 35.3 Å². The van der Waals surface area contributed by atoms with Gasteiger partial charge >= 0.3 is 0 Å². The minimum Gasteiger partial charge on any atom is -0.389 e. The second-order valence-electron chi connectivity index (χ2n) is 6.62. The van der Waals surface area contributed by atoms with Gasteiger partial charge in [0.1, 0.15) is 0 Å². The smallest absolute Gasteiger partial charge is 0.157 e. The average molecular weight is 290 g/mol. The van der Waals surface area contributed by atoms with E-state index in [-0.39, 0.29) is 0 Å². The van der Waals surface area contributed by atoms with Crippen LogP contribution in [0.4, 0.5) is 0 Å². The van der Waals surface area contributed by atoms with Crippen LogP contribution >= 0.6 is 0 Å². The van der Waals surface area contributed by atoms with Crippen LogP contribution in [-0.4, -0.2) is 32.0 Å². The van der Waals surface area contributed by atoms with Crippen LogP contribution < -0.4 is 5.32 Å². The lowest BCUT2D eigenvalue weighted by molar-refractivity contribution is 0.0383. The number of aromatic nitrogens is 3. The Kier molecular flexibility index (Phi) is 4.64. The van der Waals surface area contributed by atoms with Crippen LogP contribution in [0.25, 0.3) is 11.0 Å². The first kappa shape index (κ1) is 15.9. The normalized spacial score (nSPS) is 14.8. The van der Waals surface area contributed by atoms with Gasteiger partial charge in [0.25, 0.3) is 0 Å². The van der Waals surface area contributed by atoms with Gasteiger partial charge in [-0.25, -0.2) is 4.98 Å². The van der Waals surface area contributed by atoms with E-state index in [1.807, 2.05) is 27.1 Å². The molecule has 2 N–H and O–H groups in total. The standard InChI is InChI=1S/C16H26N4O/c1-11(2)7-16(4,21)10-17-8-13-6-14-12(3)19-20(5)15(14)18-9-13/h6,9,11,17,21H,7-8,10H2,1-5H3. The molecule has 2 aromatic rings. The molecule has 2 aromatic heterocycles. The zero-order valence-corrected chi connectivity index (χ0v) is 13.6. The van der Waals surface area contributed by atoms with E-state index in [4.69, 9.17) is 0 Å². The van der Waals surface area contributed by atoms with E-state index < -0.39 is 5.60 Å². The molecule has 5 nitrogen and oxygen atoms in total. The summed E-state index contributed by atoms with van der Waals surface area (Å²) in [6.45, 7) is 9.40. The summed E-state index contributed by atoms with van der Waals surface area (Å²) in [5, 5.41) is 19.1. The molecule has 1 unspecified atom stereocenters. The molecule has 0 fully saturated rings. The van der Waals surface area contributed by atoms with Gasteiger partial charge in [-0.15, -0.1) is 0 Å². The van der Waals surface area contributed by atoms with Crippen molar-refractivity contribution in [2.24, 2.45) is 13.0 Å². The van der Waals surface area contributed by atoms with Gasteiger partial charge in [0.15, 0.2) is 5.65 Å². The molecule has 0 radical (unpaired) electrons. The molecule has 0 amide bonds. The summed E-state index contributed by atoms with van der Waals surface area (Å²) in [6.07, 6.45) is 2.66. The highest BCUT2D eigenvalue weighted by Gasteiger charge is 2.21. The molecule has 1 atom stereocenters. The van der Waals surface area contributed by atoms with Gasteiger partial charge in [-0.3, -0.25) is 4.68 Å². The highest BCUT2D eigenvalue weighted by atomic mass is 16.3. The number of nitrogens with zero attached hydrogens (tertiary/aromatic N) is 3. The Balaban J connectivity index is 1.99. The second kappa shape index (κ2) is 6.12. The minimum atomic E-state index is -0.671. The van der Waals surface area contributed by atoms with E-state index in [0.29, 0.717) is 19.0 Å². The first-order chi connectivity index (χ1) is 9.78. The van der Waals surface area contributed by atoms with Gasteiger partial charge in [-0.05, 0) is 37.8 Å². The maximum Gasteiger partial charge on any atom is 0.157 e. The Morgan fingerprint density at radius 3 is 2.81 bits per heavy atom. The summed E-state index contributed by atoms with van der Waals surface area (Å²) < 4.78 is 1.80. The predicted molar refractivity (Wildman–Crippen MR) is 85.0 cm³/mol. The third kappa shape index (κ3) is 4.02. The lowest BCUT2D eigenvalue weighted by Crippen LogP contribution is -2.38. The van der Waals surface area contributed by atoms with E-state index in [0.717, 1.165) is 28.7 Å². The number of nitrogens with one attached hydrogen (secondary N) is 1. The van der Waals surface area contributed by atoms with E-state index in [9.17, 15) is 5.11 Å². The lowest BCUT2D eigenvalue weighted by Gasteiger charge is -2.25. The average Bonchev–Trinajstić information content (AvgIpc) is 2.63. The molecule has 0 spiro atoms. The molecule has 21 heavy (non-hydrogen) atoms. The van der Waals surface area contributed by atoms with Gasteiger partial charge in [-0.2, -0.15) is 5.10 Å². The van der Waals surface area contributed by atoms with Crippen molar-refractivity contribution < 1.29 is 5.11 Å². The summed E-state index contributed by atoms with van der Waals surface area (Å²) in [6, 6.07) is 2.12. The molecule has 0 bridgehead atoms. The summed E-state index contributed by atoms with van der Waals surface area (Å²) in [7, 11) is 1.91. The van der Waals surface area contributed by atoms with Crippen LogP contribution in [0.2, 0.25) is 0 Å². The van der Waals surface area contributed by atoms with Gasteiger partial charge in [0.05, 0.1) is 11.3 Å². The van der Waals surface area contributed by atoms with Crippen LogP contribution in [0.3, 0.4) is 0 Å². The molecule has 0 saturated heterocycles. The lowest BCUT2D eigenvalue weighted by atomic mass is 9.94. The zero-order valence-electron chi connectivity index (χ0n) is 13.6. The van der Waals surface area contributed by atoms with Crippen molar-refractivity contribution in [3.8, 4) is 0 Å². The topological polar surface area (TPSA) is 63.0 Å². The van der Waals surface area contributed by atoms with Crippen molar-refractivity contribution in [2.45, 2.75) is 46.3 Å². The van der Waals surface area contributed by atoms with Crippen molar-refractivity contribution in [1.29, 1.82) is 0 Å². The zero-order chi connectivity index (χ0) is 15.6. The number of aliphatic hydroxyl groups is 1. The summed E-state index contributed by atoms with van der Waals surface area (Å²) in [5.41, 5.74) is 2.34. The Morgan fingerprint density at radius 1 is 1.43 bits per heavy atom. The first-order valence-corrected chi connectivity index (χ1v) is 7.50. The van der Waals surface area contributed by atoms with Crippen molar-refractivity contribution >= 4 is 11.0 Å². The van der Waals surface area contributed by atoms with Gasteiger partial charge in [0.2, 0.25) is 0 Å². The molecular weight excluding hydrogens is 264 g/mol. The first-order valence-electron chi connectivity index (χ1n) is 7.50. The number of fused-ring (bicyclic) bond motifs is 1. The molecule has 0 aliphatic heterocycles. The Labute approximate surface area is 126 Å². The van der Waals surface area contributed by atoms with Crippen LogP contribution in [0, 0.1) is 12.8 Å². The fourth-order valence-corrected chi connectivity index (χ4v) is 2.88. The summed E-state index contributed by atoms with van der Waals surface area (Å²) >= 11 is 0. The van der Waals surface area contributed by atoms with Gasteiger partial charge in [0, 0.05) is 31.7 Å². The monoisotopic (exact) mass is 290 g/mol. The van der Waals surface area contributed by atoms with Crippen molar-refractivity contribution in [1.82, 2.24) is 20.1 Å². The largest absolute Gasteiger partial charge is 0.389 e. The molecule has 0 saturated carbocycles. The Hall–Kier alpha value is -1.46. The Morgan fingerprint density at radius 2 is 2.14 bits per heavy atom. The van der Waals surface area contributed by atoms with Crippen LogP contribution in [-0.2, 0) is 13.6 Å². The summed E-state index contributed by atoms with van der Waals surface area (Å²) in [5.74, 6) is 0.484. The van der Waals surface area contributed by atoms with Crippen molar-refractivity contribution in [2.75, 3.05) is 6.54 Å². The highest BCUT2D eigenvalue weighted by Crippen LogP contribution is 2.17. The van der Waals surface area contributed by atoms with E-state index in [1.54, 1.807) is 4.68 Å². The third-order valence-corrected chi connectivity index (χ3v) is 3.60.